The van der Waals surface area contributed by atoms with Crippen molar-refractivity contribution >= 4 is 6.08 Å². The summed E-state index contributed by atoms with van der Waals surface area (Å²) in [6.07, 6.45) is 6.79. The number of nitrogens with zero attached hydrogens (tertiary/aromatic N) is 1. The van der Waals surface area contributed by atoms with Gasteiger partial charge in [0.05, 0.1) is 0 Å². The van der Waals surface area contributed by atoms with Crippen molar-refractivity contribution in [1.82, 2.24) is 4.90 Å². The van der Waals surface area contributed by atoms with Crippen LogP contribution in [-0.4, -0.2) is 26.1 Å². The summed E-state index contributed by atoms with van der Waals surface area (Å²) in [5, 5.41) is 0. The first-order valence-corrected chi connectivity index (χ1v) is 9.31. The van der Waals surface area contributed by atoms with Crippen LogP contribution in [0.25, 0.3) is 6.08 Å². The lowest BCUT2D eigenvalue weighted by Gasteiger charge is -2.43. The van der Waals surface area contributed by atoms with Gasteiger partial charge in [-0.25, -0.2) is 0 Å². The second-order valence-electron chi connectivity index (χ2n) is 7.42. The summed E-state index contributed by atoms with van der Waals surface area (Å²) in [6.45, 7) is 2.33. The summed E-state index contributed by atoms with van der Waals surface area (Å²) in [5.74, 6) is 0.586. The highest BCUT2D eigenvalue weighted by molar-refractivity contribution is 5.57. The van der Waals surface area contributed by atoms with E-state index in [1.807, 2.05) is 7.11 Å². The van der Waals surface area contributed by atoms with Gasteiger partial charge in [0.15, 0.2) is 5.72 Å². The Labute approximate surface area is 157 Å². The number of allylic oxidation sites excluding steroid dienone is 2. The molecule has 1 aliphatic carbocycles. The van der Waals surface area contributed by atoms with E-state index in [1.165, 1.54) is 22.3 Å². The number of hydrogen-bond acceptors (Lipinski definition) is 2. The molecular weight excluding hydrogens is 318 g/mol. The summed E-state index contributed by atoms with van der Waals surface area (Å²) in [7, 11) is 6.00. The maximum absolute atomic E-state index is 6.20. The van der Waals surface area contributed by atoms with Gasteiger partial charge in [0.2, 0.25) is 0 Å². The highest BCUT2D eigenvalue weighted by Crippen LogP contribution is 2.42. The minimum atomic E-state index is -0.536. The molecular formula is C24H29NO. The van der Waals surface area contributed by atoms with Crippen LogP contribution in [-0.2, 0) is 10.5 Å². The third-order valence-corrected chi connectivity index (χ3v) is 5.19. The third-order valence-electron chi connectivity index (χ3n) is 5.19. The van der Waals surface area contributed by atoms with Crippen molar-refractivity contribution in [2.24, 2.45) is 5.92 Å². The zero-order chi connectivity index (χ0) is 18.6. The van der Waals surface area contributed by atoms with Crippen molar-refractivity contribution in [2.45, 2.75) is 25.5 Å². The van der Waals surface area contributed by atoms with Crippen molar-refractivity contribution in [2.75, 3.05) is 21.2 Å². The Kier molecular flexibility index (Phi) is 5.75. The molecule has 0 bridgehead atoms. The van der Waals surface area contributed by atoms with Gasteiger partial charge in [-0.1, -0.05) is 79.7 Å². The number of ether oxygens (including phenoxy) is 1. The molecule has 2 aromatic rings. The standard InChI is InChI=1S/C24H29NO/c1-19-15-21(17-20-11-7-5-8-12-20)18-23(16-19)24(26-4,25(2)3)22-13-9-6-10-14-22/h5-14,17-19H,15-16H2,1-4H3. The van der Waals surface area contributed by atoms with Gasteiger partial charge in [-0.3, -0.25) is 4.90 Å². The molecule has 2 heteroatoms. The van der Waals surface area contributed by atoms with Crippen molar-refractivity contribution < 1.29 is 4.74 Å². The van der Waals surface area contributed by atoms with Gasteiger partial charge in [-0.2, -0.15) is 0 Å². The summed E-state index contributed by atoms with van der Waals surface area (Å²) in [4.78, 5) is 2.19. The molecule has 0 saturated heterocycles. The Bertz CT molecular complexity index is 776. The lowest BCUT2D eigenvalue weighted by Crippen LogP contribution is -2.45. The molecule has 2 aromatic carbocycles. The molecule has 2 unspecified atom stereocenters. The van der Waals surface area contributed by atoms with E-state index in [0.717, 1.165) is 12.8 Å². The van der Waals surface area contributed by atoms with E-state index in [-0.39, 0.29) is 0 Å². The van der Waals surface area contributed by atoms with E-state index >= 15 is 0 Å². The Balaban J connectivity index is 2.09. The van der Waals surface area contributed by atoms with Crippen LogP contribution in [0.15, 0.2) is 77.9 Å². The SMILES string of the molecule is COC(C1=CC(=Cc2ccccc2)CC(C)C1)(c1ccccc1)N(C)C. The predicted octanol–water partition coefficient (Wildman–Crippen LogP) is 5.49. The number of methoxy groups -OCH3 is 1. The fourth-order valence-electron chi connectivity index (χ4n) is 4.12. The molecule has 3 rings (SSSR count). The van der Waals surface area contributed by atoms with Crippen LogP contribution in [0.1, 0.15) is 30.9 Å². The molecule has 0 aliphatic heterocycles. The molecule has 2 nitrogen and oxygen atoms in total. The van der Waals surface area contributed by atoms with Gasteiger partial charge in [0.1, 0.15) is 0 Å². The molecule has 0 saturated carbocycles. The van der Waals surface area contributed by atoms with Crippen LogP contribution >= 0.6 is 0 Å². The first-order chi connectivity index (χ1) is 12.6. The molecule has 136 valence electrons. The van der Waals surface area contributed by atoms with E-state index in [0.29, 0.717) is 5.92 Å². The normalized spacial score (nSPS) is 21.5. The van der Waals surface area contributed by atoms with Crippen LogP contribution in [0.2, 0.25) is 0 Å². The average Bonchev–Trinajstić information content (AvgIpc) is 2.64. The minimum Gasteiger partial charge on any atom is -0.355 e. The Morgan fingerprint density at radius 2 is 1.58 bits per heavy atom. The lowest BCUT2D eigenvalue weighted by molar-refractivity contribution is -0.0941. The van der Waals surface area contributed by atoms with Gasteiger partial charge in [0.25, 0.3) is 0 Å². The second-order valence-corrected chi connectivity index (χ2v) is 7.42. The molecule has 0 amide bonds. The molecule has 1 aliphatic rings. The maximum atomic E-state index is 6.20. The minimum absolute atomic E-state index is 0.536. The topological polar surface area (TPSA) is 12.5 Å². The van der Waals surface area contributed by atoms with E-state index in [1.54, 1.807) is 0 Å². The van der Waals surface area contributed by atoms with E-state index in [9.17, 15) is 0 Å². The zero-order valence-electron chi connectivity index (χ0n) is 16.3. The van der Waals surface area contributed by atoms with E-state index < -0.39 is 5.72 Å². The van der Waals surface area contributed by atoms with Crippen LogP contribution in [0.5, 0.6) is 0 Å². The summed E-state index contributed by atoms with van der Waals surface area (Å²) in [6, 6.07) is 21.1. The monoisotopic (exact) mass is 347 g/mol. The van der Waals surface area contributed by atoms with Crippen molar-refractivity contribution in [3.05, 3.63) is 89.0 Å². The maximum Gasteiger partial charge on any atom is 0.169 e. The Morgan fingerprint density at radius 1 is 0.962 bits per heavy atom. The molecule has 26 heavy (non-hydrogen) atoms. The van der Waals surface area contributed by atoms with Gasteiger partial charge in [-0.15, -0.1) is 0 Å². The Morgan fingerprint density at radius 3 is 2.15 bits per heavy atom. The second kappa shape index (κ2) is 8.03. The average molecular weight is 348 g/mol. The Hall–Kier alpha value is -2.16. The number of likely N-dealkylation sites (N-methyl/N-ethyl adjacent to an activating group) is 1. The third kappa shape index (κ3) is 3.67. The van der Waals surface area contributed by atoms with E-state index in [4.69, 9.17) is 4.74 Å². The van der Waals surface area contributed by atoms with Crippen LogP contribution in [0, 0.1) is 5.92 Å². The van der Waals surface area contributed by atoms with Crippen LogP contribution in [0.4, 0.5) is 0 Å². The molecule has 0 N–H and O–H groups in total. The highest BCUT2D eigenvalue weighted by atomic mass is 16.5. The molecule has 2 atom stereocenters. The van der Waals surface area contributed by atoms with Crippen molar-refractivity contribution in [3.8, 4) is 0 Å². The predicted molar refractivity (Wildman–Crippen MR) is 110 cm³/mol. The quantitative estimate of drug-likeness (QED) is 0.663. The van der Waals surface area contributed by atoms with Crippen molar-refractivity contribution in [1.29, 1.82) is 0 Å². The van der Waals surface area contributed by atoms with Gasteiger partial charge in [0, 0.05) is 12.7 Å². The first kappa shape index (κ1) is 18.6. The molecule has 0 heterocycles. The van der Waals surface area contributed by atoms with Gasteiger partial charge in [-0.05, 0) is 49.6 Å². The van der Waals surface area contributed by atoms with Crippen LogP contribution < -0.4 is 0 Å². The van der Waals surface area contributed by atoms with E-state index in [2.05, 4.69) is 98.7 Å². The fourth-order valence-corrected chi connectivity index (χ4v) is 4.12. The zero-order valence-corrected chi connectivity index (χ0v) is 16.3. The molecule has 0 fully saturated rings. The fraction of sp³-hybridized carbons (Fsp3) is 0.333. The summed E-state index contributed by atoms with van der Waals surface area (Å²) in [5.41, 5.74) is 4.57. The molecule has 0 spiro atoms. The summed E-state index contributed by atoms with van der Waals surface area (Å²) >= 11 is 0. The number of rotatable bonds is 5. The molecule has 0 radical (unpaired) electrons. The largest absolute Gasteiger partial charge is 0.355 e. The number of benzene rings is 2. The first-order valence-electron chi connectivity index (χ1n) is 9.31. The van der Waals surface area contributed by atoms with Crippen LogP contribution in [0.3, 0.4) is 0 Å². The van der Waals surface area contributed by atoms with Crippen molar-refractivity contribution in [3.63, 3.8) is 0 Å². The summed E-state index contributed by atoms with van der Waals surface area (Å²) < 4.78 is 6.20. The molecule has 0 aromatic heterocycles. The van der Waals surface area contributed by atoms with Gasteiger partial charge >= 0.3 is 0 Å². The highest BCUT2D eigenvalue weighted by Gasteiger charge is 2.40. The smallest absolute Gasteiger partial charge is 0.169 e. The lowest BCUT2D eigenvalue weighted by atomic mass is 9.79. The number of hydrogen-bond donors (Lipinski definition) is 0. The van der Waals surface area contributed by atoms with Gasteiger partial charge < -0.3 is 4.74 Å².